The number of amides is 2. The summed E-state index contributed by atoms with van der Waals surface area (Å²) in [4.78, 5) is 26.6. The Balaban J connectivity index is 1.44. The molecule has 0 radical (unpaired) electrons. The number of nitrogens with zero attached hydrogens (tertiary/aromatic N) is 1. The van der Waals surface area contributed by atoms with Crippen LogP contribution in [0.3, 0.4) is 0 Å². The maximum Gasteiger partial charge on any atom is 0.298 e. The Morgan fingerprint density at radius 3 is 2.28 bits per heavy atom. The summed E-state index contributed by atoms with van der Waals surface area (Å²) in [6.07, 6.45) is 1.73. The van der Waals surface area contributed by atoms with Crippen molar-refractivity contribution >= 4 is 34.7 Å². The van der Waals surface area contributed by atoms with Crippen LogP contribution in [0.25, 0.3) is 6.08 Å². The van der Waals surface area contributed by atoms with Crippen molar-refractivity contribution in [1.29, 1.82) is 0 Å². The van der Waals surface area contributed by atoms with E-state index in [-0.39, 0.29) is 11.1 Å². The fraction of sp³-hybridized carbons (Fsp3) is 0.0833. The van der Waals surface area contributed by atoms with Gasteiger partial charge in [-0.15, -0.1) is 0 Å². The van der Waals surface area contributed by atoms with E-state index in [9.17, 15) is 9.59 Å². The number of hydrogen-bond acceptors (Lipinski definition) is 4. The Morgan fingerprint density at radius 2 is 1.59 bits per heavy atom. The number of benzene rings is 3. The van der Waals surface area contributed by atoms with Crippen molar-refractivity contribution in [2.75, 3.05) is 4.90 Å². The molecule has 2 amide bonds. The van der Waals surface area contributed by atoms with Gasteiger partial charge in [0.25, 0.3) is 11.1 Å². The van der Waals surface area contributed by atoms with Gasteiger partial charge in [0.2, 0.25) is 0 Å². The van der Waals surface area contributed by atoms with Crippen LogP contribution < -0.4 is 9.64 Å². The molecule has 0 aromatic heterocycles. The molecule has 1 heterocycles. The van der Waals surface area contributed by atoms with Gasteiger partial charge < -0.3 is 4.74 Å². The van der Waals surface area contributed by atoms with Crippen LogP contribution >= 0.6 is 11.8 Å². The lowest BCUT2D eigenvalue weighted by Gasteiger charge is -2.11. The standard InChI is InChI=1S/C24H19NO3S/c1-17-7-9-19(10-8-17)16-28-21-13-11-18(12-14-21)15-22-23(26)25(24(27)29-22)20-5-3-2-4-6-20/h2-15H,16H2,1H3/b22-15-. The molecule has 1 aliphatic heterocycles. The predicted molar refractivity (Wildman–Crippen MR) is 117 cm³/mol. The number of anilines is 1. The number of ether oxygens (including phenoxy) is 1. The van der Waals surface area contributed by atoms with E-state index in [4.69, 9.17) is 4.74 Å². The molecule has 0 unspecified atom stereocenters. The lowest BCUT2D eigenvalue weighted by Crippen LogP contribution is -2.27. The molecule has 1 saturated heterocycles. The first-order valence-electron chi connectivity index (χ1n) is 9.21. The Morgan fingerprint density at radius 1 is 0.897 bits per heavy atom. The Hall–Kier alpha value is -3.31. The van der Waals surface area contributed by atoms with E-state index in [0.717, 1.165) is 28.6 Å². The van der Waals surface area contributed by atoms with Gasteiger partial charge in [-0.25, -0.2) is 4.90 Å². The number of carbonyl (C=O) groups excluding carboxylic acids is 2. The first kappa shape index (κ1) is 19.0. The molecule has 1 aliphatic rings. The third kappa shape index (κ3) is 4.41. The Labute approximate surface area is 173 Å². The number of rotatable bonds is 5. The normalized spacial score (nSPS) is 15.2. The van der Waals surface area contributed by atoms with E-state index in [1.54, 1.807) is 30.3 Å². The minimum absolute atomic E-state index is 0.287. The quantitative estimate of drug-likeness (QED) is 0.506. The number of imide groups is 1. The highest BCUT2D eigenvalue weighted by Crippen LogP contribution is 2.35. The number of aryl methyl sites for hydroxylation is 1. The molecule has 0 spiro atoms. The highest BCUT2D eigenvalue weighted by Gasteiger charge is 2.36. The van der Waals surface area contributed by atoms with Gasteiger partial charge in [0, 0.05) is 0 Å². The maximum atomic E-state index is 12.7. The molecule has 3 aromatic carbocycles. The molecule has 0 atom stereocenters. The van der Waals surface area contributed by atoms with Crippen LogP contribution in [0.2, 0.25) is 0 Å². The summed E-state index contributed by atoms with van der Waals surface area (Å²) < 4.78 is 5.81. The molecule has 3 aromatic rings. The lowest BCUT2D eigenvalue weighted by molar-refractivity contribution is -0.113. The second-order valence-electron chi connectivity index (χ2n) is 6.70. The molecule has 0 N–H and O–H groups in total. The van der Waals surface area contributed by atoms with Gasteiger partial charge >= 0.3 is 0 Å². The predicted octanol–water partition coefficient (Wildman–Crippen LogP) is 5.81. The molecule has 0 bridgehead atoms. The number of para-hydroxylation sites is 1. The van der Waals surface area contributed by atoms with E-state index in [1.807, 2.05) is 42.5 Å². The fourth-order valence-electron chi connectivity index (χ4n) is 2.93. The molecule has 1 fully saturated rings. The van der Waals surface area contributed by atoms with Gasteiger partial charge in [0.1, 0.15) is 12.4 Å². The fourth-order valence-corrected chi connectivity index (χ4v) is 3.77. The molecule has 0 aliphatic carbocycles. The molecular weight excluding hydrogens is 382 g/mol. The average Bonchev–Trinajstić information content (AvgIpc) is 3.02. The van der Waals surface area contributed by atoms with E-state index in [1.165, 1.54) is 10.5 Å². The molecule has 4 nitrogen and oxygen atoms in total. The van der Waals surface area contributed by atoms with Crippen LogP contribution in [-0.2, 0) is 11.4 Å². The number of hydrogen-bond donors (Lipinski definition) is 0. The topological polar surface area (TPSA) is 46.6 Å². The van der Waals surface area contributed by atoms with Crippen molar-refractivity contribution in [1.82, 2.24) is 0 Å². The van der Waals surface area contributed by atoms with Crippen LogP contribution in [0.4, 0.5) is 10.5 Å². The SMILES string of the molecule is Cc1ccc(COc2ccc(/C=C3\SC(=O)N(c4ccccc4)C3=O)cc2)cc1. The summed E-state index contributed by atoms with van der Waals surface area (Å²) >= 11 is 0.952. The summed E-state index contributed by atoms with van der Waals surface area (Å²) in [5.74, 6) is 0.450. The van der Waals surface area contributed by atoms with Crippen LogP contribution in [0.15, 0.2) is 83.8 Å². The maximum absolute atomic E-state index is 12.7. The average molecular weight is 401 g/mol. The number of carbonyl (C=O) groups is 2. The largest absolute Gasteiger partial charge is 0.489 e. The third-order valence-electron chi connectivity index (χ3n) is 4.51. The molecule has 0 saturated carbocycles. The molecule has 5 heteroatoms. The van der Waals surface area contributed by atoms with Crippen LogP contribution in [0, 0.1) is 6.92 Å². The summed E-state index contributed by atoms with van der Waals surface area (Å²) in [6.45, 7) is 2.55. The van der Waals surface area contributed by atoms with Crippen LogP contribution in [-0.4, -0.2) is 11.1 Å². The first-order chi connectivity index (χ1) is 14.1. The van der Waals surface area contributed by atoms with Crippen molar-refractivity contribution in [2.24, 2.45) is 0 Å². The van der Waals surface area contributed by atoms with Gasteiger partial charge in [-0.1, -0.05) is 60.2 Å². The molecule has 4 rings (SSSR count). The van der Waals surface area contributed by atoms with Crippen molar-refractivity contribution in [3.8, 4) is 5.75 Å². The molecule has 144 valence electrons. The number of thioether (sulfide) groups is 1. The third-order valence-corrected chi connectivity index (χ3v) is 5.38. The van der Waals surface area contributed by atoms with Gasteiger partial charge in [0.15, 0.2) is 0 Å². The van der Waals surface area contributed by atoms with E-state index in [2.05, 4.69) is 19.1 Å². The zero-order chi connectivity index (χ0) is 20.2. The zero-order valence-electron chi connectivity index (χ0n) is 15.9. The smallest absolute Gasteiger partial charge is 0.298 e. The van der Waals surface area contributed by atoms with Crippen molar-refractivity contribution in [3.05, 3.63) is 100 Å². The molecule has 29 heavy (non-hydrogen) atoms. The van der Waals surface area contributed by atoms with E-state index < -0.39 is 0 Å². The van der Waals surface area contributed by atoms with E-state index >= 15 is 0 Å². The zero-order valence-corrected chi connectivity index (χ0v) is 16.7. The summed E-state index contributed by atoms with van der Waals surface area (Å²) in [5.41, 5.74) is 3.74. The summed E-state index contributed by atoms with van der Waals surface area (Å²) in [7, 11) is 0. The second-order valence-corrected chi connectivity index (χ2v) is 7.69. The summed E-state index contributed by atoms with van der Waals surface area (Å²) in [6, 6.07) is 24.6. The first-order valence-corrected chi connectivity index (χ1v) is 10.0. The minimum atomic E-state index is -0.300. The van der Waals surface area contributed by atoms with Gasteiger partial charge in [-0.3, -0.25) is 9.59 Å². The van der Waals surface area contributed by atoms with Crippen LogP contribution in [0.5, 0.6) is 5.75 Å². The Kier molecular flexibility index (Phi) is 5.49. The van der Waals surface area contributed by atoms with Crippen LogP contribution in [0.1, 0.15) is 16.7 Å². The van der Waals surface area contributed by atoms with Crippen molar-refractivity contribution in [3.63, 3.8) is 0 Å². The highest BCUT2D eigenvalue weighted by molar-refractivity contribution is 8.19. The van der Waals surface area contributed by atoms with Crippen molar-refractivity contribution in [2.45, 2.75) is 13.5 Å². The molecular formula is C24H19NO3S. The van der Waals surface area contributed by atoms with Gasteiger partial charge in [-0.05, 0) is 60.2 Å². The minimum Gasteiger partial charge on any atom is -0.489 e. The monoisotopic (exact) mass is 401 g/mol. The summed E-state index contributed by atoms with van der Waals surface area (Å²) in [5, 5.41) is -0.287. The van der Waals surface area contributed by atoms with Crippen molar-refractivity contribution < 1.29 is 14.3 Å². The van der Waals surface area contributed by atoms with E-state index in [0.29, 0.717) is 17.2 Å². The Bertz CT molecular complexity index is 1060. The highest BCUT2D eigenvalue weighted by atomic mass is 32.2. The van der Waals surface area contributed by atoms with Gasteiger partial charge in [0.05, 0.1) is 10.6 Å². The second kappa shape index (κ2) is 8.37. The van der Waals surface area contributed by atoms with Gasteiger partial charge in [-0.2, -0.15) is 0 Å². The lowest BCUT2D eigenvalue weighted by atomic mass is 10.1.